The number of aromatic amines is 2. The highest BCUT2D eigenvalue weighted by atomic mass is 32.1. The van der Waals surface area contributed by atoms with Crippen molar-refractivity contribution in [2.45, 2.75) is 56.3 Å². The first-order valence-corrected chi connectivity index (χ1v) is 13.6. The highest BCUT2D eigenvalue weighted by molar-refractivity contribution is 7.80. The lowest BCUT2D eigenvalue weighted by molar-refractivity contribution is -0.142. The van der Waals surface area contributed by atoms with E-state index in [-0.39, 0.29) is 25.0 Å². The van der Waals surface area contributed by atoms with E-state index >= 15 is 0 Å². The summed E-state index contributed by atoms with van der Waals surface area (Å²) >= 11 is 4.20. The Balaban J connectivity index is 1.65. The van der Waals surface area contributed by atoms with E-state index in [1.165, 1.54) is 12.5 Å². The molecule has 10 N–H and O–H groups in total. The average Bonchev–Trinajstić information content (AvgIpc) is 3.60. The summed E-state index contributed by atoms with van der Waals surface area (Å²) in [6, 6.07) is 3.29. The van der Waals surface area contributed by atoms with Crippen molar-refractivity contribution in [3.63, 3.8) is 0 Å². The number of hydrogen-bond acceptors (Lipinski definition) is 8. The molecule has 4 atom stereocenters. The van der Waals surface area contributed by atoms with E-state index < -0.39 is 47.9 Å². The molecular formula is C26H36N8O5S. The summed E-state index contributed by atoms with van der Waals surface area (Å²) in [4.78, 5) is 60.7. The van der Waals surface area contributed by atoms with Crippen molar-refractivity contribution in [1.82, 2.24) is 30.9 Å². The lowest BCUT2D eigenvalue weighted by Gasteiger charge is -2.24. The Labute approximate surface area is 236 Å². The third kappa shape index (κ3) is 8.56. The number of nitrogens with one attached hydrogen (secondary N) is 5. The lowest BCUT2D eigenvalue weighted by atomic mass is 10.0. The number of fused-ring (bicyclic) bond motifs is 1. The molecular weight excluding hydrogens is 536 g/mol. The average molecular weight is 573 g/mol. The van der Waals surface area contributed by atoms with E-state index in [2.05, 4.69) is 43.5 Å². The Morgan fingerprint density at radius 3 is 2.33 bits per heavy atom. The smallest absolute Gasteiger partial charge is 0.326 e. The monoisotopic (exact) mass is 572 g/mol. The number of carboxylic acid groups (broad SMARTS) is 1. The Morgan fingerprint density at radius 2 is 1.65 bits per heavy atom. The zero-order valence-corrected chi connectivity index (χ0v) is 22.8. The van der Waals surface area contributed by atoms with Gasteiger partial charge in [-0.15, -0.1) is 0 Å². The summed E-state index contributed by atoms with van der Waals surface area (Å²) < 4.78 is 0. The second-order valence-electron chi connectivity index (χ2n) is 9.44. The number of nitrogens with zero attached hydrogens (tertiary/aromatic N) is 1. The first kappa shape index (κ1) is 30.7. The zero-order chi connectivity index (χ0) is 29.1. The third-order valence-corrected chi connectivity index (χ3v) is 6.81. The van der Waals surface area contributed by atoms with Gasteiger partial charge in [0.1, 0.15) is 18.1 Å². The molecule has 0 aliphatic heterocycles. The highest BCUT2D eigenvalue weighted by Gasteiger charge is 2.30. The number of aromatic nitrogens is 3. The number of carbonyl (C=O) groups excluding carboxylic acids is 3. The molecule has 4 unspecified atom stereocenters. The zero-order valence-electron chi connectivity index (χ0n) is 21.9. The van der Waals surface area contributed by atoms with Gasteiger partial charge in [-0.25, -0.2) is 9.78 Å². The number of para-hydroxylation sites is 1. The number of imidazole rings is 1. The third-order valence-electron chi connectivity index (χ3n) is 6.44. The predicted octanol–water partition coefficient (Wildman–Crippen LogP) is -0.399. The number of aliphatic carboxylic acids is 1. The molecule has 3 amide bonds. The van der Waals surface area contributed by atoms with Gasteiger partial charge in [-0.1, -0.05) is 18.2 Å². The quantitative estimate of drug-likeness (QED) is 0.0810. The van der Waals surface area contributed by atoms with Crippen molar-refractivity contribution in [3.8, 4) is 0 Å². The van der Waals surface area contributed by atoms with Crippen molar-refractivity contribution >= 4 is 47.2 Å². The summed E-state index contributed by atoms with van der Waals surface area (Å²) in [6.07, 6.45) is 6.26. The molecule has 216 valence electrons. The number of benzene rings is 1. The second kappa shape index (κ2) is 15.1. The summed E-state index contributed by atoms with van der Waals surface area (Å²) in [5, 5.41) is 18.2. The Kier molecular flexibility index (Phi) is 11.5. The first-order chi connectivity index (χ1) is 19.2. The molecule has 2 heterocycles. The van der Waals surface area contributed by atoms with Crippen LogP contribution in [0.25, 0.3) is 10.9 Å². The Morgan fingerprint density at radius 1 is 0.950 bits per heavy atom. The largest absolute Gasteiger partial charge is 0.480 e. The maximum Gasteiger partial charge on any atom is 0.326 e. The summed E-state index contributed by atoms with van der Waals surface area (Å²) in [7, 11) is 0. The number of amides is 3. The van der Waals surface area contributed by atoms with Gasteiger partial charge < -0.3 is 42.5 Å². The fourth-order valence-electron chi connectivity index (χ4n) is 4.22. The minimum absolute atomic E-state index is 0.0139. The molecule has 0 saturated carbocycles. The summed E-state index contributed by atoms with van der Waals surface area (Å²) in [5.41, 5.74) is 14.0. The molecule has 0 aliphatic carbocycles. The summed E-state index contributed by atoms with van der Waals surface area (Å²) in [6.45, 7) is 0.404. The molecule has 0 fully saturated rings. The maximum absolute atomic E-state index is 13.1. The van der Waals surface area contributed by atoms with Gasteiger partial charge in [-0.05, 0) is 43.9 Å². The number of nitrogens with two attached hydrogens (primary N) is 2. The Bertz CT molecular complexity index is 1280. The van der Waals surface area contributed by atoms with Crippen molar-refractivity contribution in [3.05, 3.63) is 54.2 Å². The van der Waals surface area contributed by atoms with Gasteiger partial charge in [-0.2, -0.15) is 12.6 Å². The number of H-pyrrole nitrogens is 2. The van der Waals surface area contributed by atoms with E-state index in [1.54, 1.807) is 6.20 Å². The van der Waals surface area contributed by atoms with E-state index in [0.717, 1.165) is 16.5 Å². The lowest BCUT2D eigenvalue weighted by Crippen LogP contribution is -2.58. The molecule has 3 aromatic rings. The number of hydrogen-bond donors (Lipinski definition) is 9. The maximum atomic E-state index is 13.1. The van der Waals surface area contributed by atoms with Gasteiger partial charge >= 0.3 is 5.97 Å². The fraction of sp³-hybridized carbons (Fsp3) is 0.423. The highest BCUT2D eigenvalue weighted by Crippen LogP contribution is 2.18. The molecule has 0 aliphatic rings. The van der Waals surface area contributed by atoms with Crippen LogP contribution in [-0.2, 0) is 32.0 Å². The topological polar surface area (TPSA) is 221 Å². The van der Waals surface area contributed by atoms with Gasteiger partial charge in [0.05, 0.1) is 12.4 Å². The van der Waals surface area contributed by atoms with Crippen LogP contribution in [0.2, 0.25) is 0 Å². The normalized spacial score (nSPS) is 14.2. The van der Waals surface area contributed by atoms with Crippen LogP contribution in [0.1, 0.15) is 30.5 Å². The molecule has 0 radical (unpaired) electrons. The molecule has 0 saturated heterocycles. The van der Waals surface area contributed by atoms with Crippen LogP contribution in [0.15, 0.2) is 43.0 Å². The number of carbonyl (C=O) groups is 4. The van der Waals surface area contributed by atoms with Gasteiger partial charge in [0, 0.05) is 41.2 Å². The van der Waals surface area contributed by atoms with Crippen molar-refractivity contribution in [2.24, 2.45) is 11.5 Å². The Hall–Kier alpha value is -3.88. The number of carboxylic acids is 1. The van der Waals surface area contributed by atoms with Crippen LogP contribution >= 0.6 is 12.6 Å². The molecule has 1 aromatic carbocycles. The van der Waals surface area contributed by atoms with Crippen LogP contribution < -0.4 is 27.4 Å². The molecule has 0 spiro atoms. The van der Waals surface area contributed by atoms with E-state index in [0.29, 0.717) is 25.1 Å². The summed E-state index contributed by atoms with van der Waals surface area (Å²) in [5.74, 6) is -3.17. The second-order valence-corrected chi connectivity index (χ2v) is 9.81. The van der Waals surface area contributed by atoms with Gasteiger partial charge in [0.15, 0.2) is 0 Å². The van der Waals surface area contributed by atoms with Crippen LogP contribution in [0, 0.1) is 0 Å². The fourth-order valence-corrected chi connectivity index (χ4v) is 4.48. The van der Waals surface area contributed by atoms with Gasteiger partial charge in [0.25, 0.3) is 0 Å². The molecule has 2 aromatic heterocycles. The van der Waals surface area contributed by atoms with Gasteiger partial charge in [-0.3, -0.25) is 14.4 Å². The predicted molar refractivity (Wildman–Crippen MR) is 152 cm³/mol. The molecule has 0 bridgehead atoms. The van der Waals surface area contributed by atoms with Crippen molar-refractivity contribution < 1.29 is 24.3 Å². The van der Waals surface area contributed by atoms with Crippen LogP contribution in [0.4, 0.5) is 0 Å². The molecule has 3 rings (SSSR count). The molecule has 40 heavy (non-hydrogen) atoms. The SMILES string of the molecule is NCCCCC(NC(=O)C(Cc1cnc[nH]1)NC(=O)C(CS)NC(=O)C(N)Cc1c[nH]c2ccccc12)C(=O)O. The van der Waals surface area contributed by atoms with Gasteiger partial charge in [0.2, 0.25) is 17.7 Å². The number of unbranched alkanes of at least 4 members (excludes halogenated alkanes) is 1. The standard InChI is InChI=1S/C26H36N8O5S/c27-8-4-3-7-20(26(38)39)32-24(36)21(10-16-12-29-14-31-16)33-25(37)22(13-40)34-23(35)18(28)9-15-11-30-19-6-2-1-5-17(15)19/h1-2,5-6,11-12,14,18,20-22,30,40H,3-4,7-10,13,27-28H2,(H,29,31)(H,32,36)(H,33,37)(H,34,35)(H,38,39). The first-order valence-electron chi connectivity index (χ1n) is 13.0. The van der Waals surface area contributed by atoms with E-state index in [9.17, 15) is 24.3 Å². The van der Waals surface area contributed by atoms with E-state index in [1.807, 2.05) is 24.3 Å². The van der Waals surface area contributed by atoms with Crippen LogP contribution in [-0.4, -0.2) is 80.2 Å². The molecule has 14 heteroatoms. The number of rotatable bonds is 16. The van der Waals surface area contributed by atoms with Crippen LogP contribution in [0.3, 0.4) is 0 Å². The van der Waals surface area contributed by atoms with Crippen molar-refractivity contribution in [1.29, 1.82) is 0 Å². The minimum atomic E-state index is -1.19. The minimum Gasteiger partial charge on any atom is -0.480 e. The van der Waals surface area contributed by atoms with E-state index in [4.69, 9.17) is 11.5 Å². The molecule has 13 nitrogen and oxygen atoms in total. The van der Waals surface area contributed by atoms with Crippen molar-refractivity contribution in [2.75, 3.05) is 12.3 Å². The number of thiol groups is 1. The van der Waals surface area contributed by atoms with Crippen LogP contribution in [0.5, 0.6) is 0 Å².